The second-order valence-corrected chi connectivity index (χ2v) is 5.00. The molecule has 0 saturated carbocycles. The summed E-state index contributed by atoms with van der Waals surface area (Å²) in [6.07, 6.45) is 1.94. The van der Waals surface area contributed by atoms with Crippen molar-refractivity contribution >= 4 is 11.6 Å². The Morgan fingerprint density at radius 2 is 2.00 bits per heavy atom. The largest absolute Gasteiger partial charge is 0.329 e. The number of halogens is 1. The molecule has 1 aromatic heterocycles. The van der Waals surface area contributed by atoms with Gasteiger partial charge in [-0.2, -0.15) is 0 Å². The SMILES string of the molecule is CN(Cc1ccc(Cl)cc1)Cc1cn(CCN)nn1. The van der Waals surface area contributed by atoms with Crippen molar-refractivity contribution in [3.63, 3.8) is 0 Å². The third-order valence-corrected chi connectivity index (χ3v) is 2.99. The molecule has 0 atom stereocenters. The molecule has 2 N–H and O–H groups in total. The number of rotatable bonds is 6. The van der Waals surface area contributed by atoms with E-state index in [2.05, 4.69) is 22.3 Å². The van der Waals surface area contributed by atoms with Gasteiger partial charge in [-0.25, -0.2) is 0 Å². The summed E-state index contributed by atoms with van der Waals surface area (Å²) in [4.78, 5) is 2.18. The maximum Gasteiger partial charge on any atom is 0.0967 e. The van der Waals surface area contributed by atoms with Crippen LogP contribution >= 0.6 is 11.6 Å². The van der Waals surface area contributed by atoms with E-state index in [0.717, 1.165) is 23.8 Å². The van der Waals surface area contributed by atoms with E-state index >= 15 is 0 Å². The molecule has 0 saturated heterocycles. The van der Waals surface area contributed by atoms with Crippen molar-refractivity contribution in [3.8, 4) is 0 Å². The molecule has 0 bridgehead atoms. The van der Waals surface area contributed by atoms with Gasteiger partial charge >= 0.3 is 0 Å². The van der Waals surface area contributed by atoms with Crippen LogP contribution in [0.4, 0.5) is 0 Å². The standard InChI is InChI=1S/C13H18ClN5/c1-18(8-11-2-4-12(14)5-3-11)9-13-10-19(7-6-15)17-16-13/h2-5,10H,6-9,15H2,1H3. The second kappa shape index (κ2) is 6.65. The summed E-state index contributed by atoms with van der Waals surface area (Å²) < 4.78 is 1.77. The molecule has 0 spiro atoms. The van der Waals surface area contributed by atoms with Gasteiger partial charge in [0.15, 0.2) is 0 Å². The number of hydrogen-bond donors (Lipinski definition) is 1. The molecule has 0 aliphatic heterocycles. The van der Waals surface area contributed by atoms with Gasteiger partial charge in [0.25, 0.3) is 0 Å². The minimum Gasteiger partial charge on any atom is -0.329 e. The van der Waals surface area contributed by atoms with E-state index in [1.54, 1.807) is 4.68 Å². The highest BCUT2D eigenvalue weighted by Crippen LogP contribution is 2.11. The molecule has 0 unspecified atom stereocenters. The van der Waals surface area contributed by atoms with Crippen LogP contribution in [0.15, 0.2) is 30.5 Å². The van der Waals surface area contributed by atoms with Gasteiger partial charge in [0, 0.05) is 30.9 Å². The van der Waals surface area contributed by atoms with Crippen molar-refractivity contribution in [1.82, 2.24) is 19.9 Å². The fraction of sp³-hybridized carbons (Fsp3) is 0.385. The van der Waals surface area contributed by atoms with Crippen molar-refractivity contribution in [2.75, 3.05) is 13.6 Å². The van der Waals surface area contributed by atoms with E-state index in [1.807, 2.05) is 30.5 Å². The summed E-state index contributed by atoms with van der Waals surface area (Å²) in [5.41, 5.74) is 7.65. The van der Waals surface area contributed by atoms with Crippen LogP contribution in [-0.2, 0) is 19.6 Å². The monoisotopic (exact) mass is 279 g/mol. The Bertz CT molecular complexity index is 508. The first-order valence-corrected chi connectivity index (χ1v) is 6.57. The number of aromatic nitrogens is 3. The molecule has 102 valence electrons. The quantitative estimate of drug-likeness (QED) is 0.871. The number of benzene rings is 1. The summed E-state index contributed by atoms with van der Waals surface area (Å²) in [6.45, 7) is 2.88. The highest BCUT2D eigenvalue weighted by Gasteiger charge is 2.05. The van der Waals surface area contributed by atoms with E-state index in [0.29, 0.717) is 13.1 Å². The molecule has 0 fully saturated rings. The van der Waals surface area contributed by atoms with Crippen LogP contribution in [0.2, 0.25) is 5.02 Å². The fourth-order valence-electron chi connectivity index (χ4n) is 1.89. The van der Waals surface area contributed by atoms with Gasteiger partial charge < -0.3 is 5.73 Å². The Morgan fingerprint density at radius 3 is 2.68 bits per heavy atom. The molecular formula is C13H18ClN5. The van der Waals surface area contributed by atoms with Gasteiger partial charge in [-0.15, -0.1) is 5.10 Å². The van der Waals surface area contributed by atoms with Gasteiger partial charge in [-0.1, -0.05) is 28.9 Å². The Balaban J connectivity index is 1.89. The molecule has 0 aliphatic carbocycles. The van der Waals surface area contributed by atoms with E-state index in [4.69, 9.17) is 17.3 Å². The number of nitrogens with two attached hydrogens (primary N) is 1. The summed E-state index contributed by atoms with van der Waals surface area (Å²) in [5, 5.41) is 8.91. The number of nitrogens with zero attached hydrogens (tertiary/aromatic N) is 4. The third-order valence-electron chi connectivity index (χ3n) is 2.74. The Kier molecular flexibility index (Phi) is 4.90. The van der Waals surface area contributed by atoms with Crippen LogP contribution < -0.4 is 5.73 Å². The zero-order valence-electron chi connectivity index (χ0n) is 11.0. The number of hydrogen-bond acceptors (Lipinski definition) is 4. The van der Waals surface area contributed by atoms with Gasteiger partial charge in [-0.3, -0.25) is 9.58 Å². The molecule has 0 aliphatic rings. The highest BCUT2D eigenvalue weighted by atomic mass is 35.5. The van der Waals surface area contributed by atoms with Gasteiger partial charge in [-0.05, 0) is 24.7 Å². The average Bonchev–Trinajstić information content (AvgIpc) is 2.80. The summed E-state index contributed by atoms with van der Waals surface area (Å²) in [5.74, 6) is 0. The first kappa shape index (κ1) is 14.0. The molecule has 19 heavy (non-hydrogen) atoms. The summed E-state index contributed by atoms with van der Waals surface area (Å²) in [6, 6.07) is 7.87. The topological polar surface area (TPSA) is 60.0 Å². The lowest BCUT2D eigenvalue weighted by Gasteiger charge is -2.14. The van der Waals surface area contributed by atoms with Crippen molar-refractivity contribution in [1.29, 1.82) is 0 Å². The molecule has 1 heterocycles. The first-order chi connectivity index (χ1) is 9.17. The minimum atomic E-state index is 0.573. The van der Waals surface area contributed by atoms with Crippen LogP contribution in [-0.4, -0.2) is 33.5 Å². The molecule has 0 amide bonds. The van der Waals surface area contributed by atoms with Gasteiger partial charge in [0.2, 0.25) is 0 Å². The van der Waals surface area contributed by atoms with Crippen molar-refractivity contribution in [2.24, 2.45) is 5.73 Å². The van der Waals surface area contributed by atoms with Crippen LogP contribution in [0.1, 0.15) is 11.3 Å². The zero-order chi connectivity index (χ0) is 13.7. The third kappa shape index (κ3) is 4.31. The van der Waals surface area contributed by atoms with Crippen molar-refractivity contribution in [2.45, 2.75) is 19.6 Å². The molecule has 5 nitrogen and oxygen atoms in total. The van der Waals surface area contributed by atoms with E-state index < -0.39 is 0 Å². The van der Waals surface area contributed by atoms with Crippen LogP contribution in [0, 0.1) is 0 Å². The molecule has 2 aromatic rings. The highest BCUT2D eigenvalue weighted by molar-refractivity contribution is 6.30. The van der Waals surface area contributed by atoms with E-state index in [1.165, 1.54) is 5.56 Å². The molecule has 0 radical (unpaired) electrons. The van der Waals surface area contributed by atoms with Crippen LogP contribution in [0.5, 0.6) is 0 Å². The Labute approximate surface area is 118 Å². The lowest BCUT2D eigenvalue weighted by Crippen LogP contribution is -2.17. The predicted molar refractivity (Wildman–Crippen MR) is 75.7 cm³/mol. The van der Waals surface area contributed by atoms with E-state index in [-0.39, 0.29) is 0 Å². The maximum atomic E-state index is 5.87. The molecular weight excluding hydrogens is 262 g/mol. The maximum absolute atomic E-state index is 5.87. The second-order valence-electron chi connectivity index (χ2n) is 4.56. The smallest absolute Gasteiger partial charge is 0.0967 e. The van der Waals surface area contributed by atoms with Crippen molar-refractivity contribution in [3.05, 3.63) is 46.7 Å². The molecule has 1 aromatic carbocycles. The minimum absolute atomic E-state index is 0.573. The average molecular weight is 280 g/mol. The summed E-state index contributed by atoms with van der Waals surface area (Å²) in [7, 11) is 2.05. The van der Waals surface area contributed by atoms with E-state index in [9.17, 15) is 0 Å². The normalized spacial score (nSPS) is 11.2. The first-order valence-electron chi connectivity index (χ1n) is 6.19. The Hall–Kier alpha value is -1.43. The zero-order valence-corrected chi connectivity index (χ0v) is 11.7. The molecule has 2 rings (SSSR count). The predicted octanol–water partition coefficient (Wildman–Crippen LogP) is 1.52. The lowest BCUT2D eigenvalue weighted by molar-refractivity contribution is 0.315. The van der Waals surface area contributed by atoms with Crippen LogP contribution in [0.25, 0.3) is 0 Å². The molecule has 6 heteroatoms. The van der Waals surface area contributed by atoms with Crippen molar-refractivity contribution < 1.29 is 0 Å². The summed E-state index contributed by atoms with van der Waals surface area (Å²) >= 11 is 5.87. The fourth-order valence-corrected chi connectivity index (χ4v) is 2.01. The van der Waals surface area contributed by atoms with Gasteiger partial charge in [0.1, 0.15) is 0 Å². The Morgan fingerprint density at radius 1 is 1.26 bits per heavy atom. The lowest BCUT2D eigenvalue weighted by atomic mass is 10.2. The van der Waals surface area contributed by atoms with Gasteiger partial charge in [0.05, 0.1) is 12.2 Å². The van der Waals surface area contributed by atoms with Crippen LogP contribution in [0.3, 0.4) is 0 Å².